The molecule has 1 amide bonds. The van der Waals surface area contributed by atoms with Crippen molar-refractivity contribution < 1.29 is 9.53 Å². The fourth-order valence-electron chi connectivity index (χ4n) is 2.56. The van der Waals surface area contributed by atoms with Crippen molar-refractivity contribution in [2.75, 3.05) is 26.3 Å². The fourth-order valence-corrected chi connectivity index (χ4v) is 2.56. The third kappa shape index (κ3) is 6.39. The molecule has 0 bridgehead atoms. The van der Waals surface area contributed by atoms with Gasteiger partial charge in [0.25, 0.3) is 0 Å². The zero-order chi connectivity index (χ0) is 14.1. The topological polar surface area (TPSA) is 64.4 Å². The van der Waals surface area contributed by atoms with Gasteiger partial charge in [-0.05, 0) is 43.6 Å². The molecule has 19 heavy (non-hydrogen) atoms. The van der Waals surface area contributed by atoms with E-state index in [1.54, 1.807) is 0 Å². The van der Waals surface area contributed by atoms with Crippen LogP contribution in [0.1, 0.15) is 52.4 Å². The van der Waals surface area contributed by atoms with Crippen molar-refractivity contribution >= 4 is 5.91 Å². The molecule has 0 spiro atoms. The summed E-state index contributed by atoms with van der Waals surface area (Å²) < 4.78 is 5.37. The van der Waals surface area contributed by atoms with E-state index in [0.29, 0.717) is 12.3 Å². The summed E-state index contributed by atoms with van der Waals surface area (Å²) in [5.74, 6) is 0.776. The Kier molecular flexibility index (Phi) is 7.39. The van der Waals surface area contributed by atoms with Gasteiger partial charge in [0.1, 0.15) is 0 Å². The van der Waals surface area contributed by atoms with Crippen LogP contribution < -0.4 is 11.1 Å². The quantitative estimate of drug-likeness (QED) is 0.709. The van der Waals surface area contributed by atoms with Crippen LogP contribution in [0.5, 0.6) is 0 Å². The third-order valence-corrected chi connectivity index (χ3v) is 4.34. The second kappa shape index (κ2) is 8.54. The fraction of sp³-hybridized carbons (Fsp3) is 0.933. The smallest absolute Gasteiger partial charge is 0.220 e. The molecule has 0 saturated carbocycles. The summed E-state index contributed by atoms with van der Waals surface area (Å²) in [6.45, 7) is 7.54. The van der Waals surface area contributed by atoms with Gasteiger partial charge in [-0.15, -0.1) is 0 Å². The van der Waals surface area contributed by atoms with Crippen molar-refractivity contribution in [1.82, 2.24) is 5.32 Å². The highest BCUT2D eigenvalue weighted by Gasteiger charge is 2.27. The summed E-state index contributed by atoms with van der Waals surface area (Å²) in [7, 11) is 0. The standard InChI is InChI=1S/C15H30N2O2/c1-3-13(6-9-16)4-5-14(18)17-12-15(2)7-10-19-11-8-15/h13H,3-12,16H2,1-2H3,(H,17,18). The van der Waals surface area contributed by atoms with E-state index in [0.717, 1.165) is 58.4 Å². The lowest BCUT2D eigenvalue weighted by atomic mass is 9.82. The predicted molar refractivity (Wildman–Crippen MR) is 77.9 cm³/mol. The second-order valence-electron chi connectivity index (χ2n) is 6.09. The van der Waals surface area contributed by atoms with E-state index in [1.807, 2.05) is 0 Å². The molecule has 1 heterocycles. The normalized spacial score (nSPS) is 19.9. The Hall–Kier alpha value is -0.610. The van der Waals surface area contributed by atoms with E-state index in [-0.39, 0.29) is 11.3 Å². The molecular weight excluding hydrogens is 240 g/mol. The van der Waals surface area contributed by atoms with E-state index in [9.17, 15) is 4.79 Å². The molecule has 0 radical (unpaired) electrons. The van der Waals surface area contributed by atoms with Crippen LogP contribution in [-0.4, -0.2) is 32.2 Å². The van der Waals surface area contributed by atoms with Gasteiger partial charge >= 0.3 is 0 Å². The molecule has 1 aliphatic rings. The summed E-state index contributed by atoms with van der Waals surface area (Å²) in [5.41, 5.74) is 5.79. The first-order valence-corrected chi connectivity index (χ1v) is 7.64. The molecule has 0 aromatic carbocycles. The number of nitrogens with one attached hydrogen (secondary N) is 1. The van der Waals surface area contributed by atoms with Crippen molar-refractivity contribution in [2.45, 2.75) is 52.4 Å². The number of rotatable bonds is 8. The van der Waals surface area contributed by atoms with Crippen LogP contribution in [-0.2, 0) is 9.53 Å². The first-order valence-electron chi connectivity index (χ1n) is 7.64. The Bertz CT molecular complexity index is 263. The SMILES string of the molecule is CCC(CCN)CCC(=O)NCC1(C)CCOCC1. The number of amides is 1. The minimum Gasteiger partial charge on any atom is -0.381 e. The lowest BCUT2D eigenvalue weighted by molar-refractivity contribution is -0.122. The van der Waals surface area contributed by atoms with Gasteiger partial charge in [0.05, 0.1) is 0 Å². The summed E-state index contributed by atoms with van der Waals surface area (Å²) in [6, 6.07) is 0. The molecule has 112 valence electrons. The molecule has 1 fully saturated rings. The zero-order valence-corrected chi connectivity index (χ0v) is 12.5. The summed E-state index contributed by atoms with van der Waals surface area (Å²) in [5, 5.41) is 3.09. The number of ether oxygens (including phenoxy) is 1. The number of hydrogen-bond acceptors (Lipinski definition) is 3. The Morgan fingerprint density at radius 2 is 2.05 bits per heavy atom. The van der Waals surface area contributed by atoms with Crippen molar-refractivity contribution in [3.8, 4) is 0 Å². The largest absolute Gasteiger partial charge is 0.381 e. The summed E-state index contributed by atoms with van der Waals surface area (Å²) >= 11 is 0. The van der Waals surface area contributed by atoms with Gasteiger partial charge in [-0.25, -0.2) is 0 Å². The molecule has 1 atom stereocenters. The van der Waals surface area contributed by atoms with Gasteiger partial charge in [0.15, 0.2) is 0 Å². The lowest BCUT2D eigenvalue weighted by Gasteiger charge is -2.33. The van der Waals surface area contributed by atoms with Crippen LogP contribution >= 0.6 is 0 Å². The molecule has 1 aliphatic heterocycles. The average molecular weight is 270 g/mol. The van der Waals surface area contributed by atoms with Gasteiger partial charge in [-0.3, -0.25) is 4.79 Å². The summed E-state index contributed by atoms with van der Waals surface area (Å²) in [4.78, 5) is 11.9. The molecule has 1 rings (SSSR count). The molecule has 4 nitrogen and oxygen atoms in total. The first kappa shape index (κ1) is 16.4. The molecule has 1 unspecified atom stereocenters. The van der Waals surface area contributed by atoms with Crippen LogP contribution in [0.3, 0.4) is 0 Å². The molecular formula is C15H30N2O2. The maximum atomic E-state index is 11.9. The first-order chi connectivity index (χ1) is 9.09. The number of hydrogen-bond donors (Lipinski definition) is 2. The number of carbonyl (C=O) groups excluding carboxylic acids is 1. The monoisotopic (exact) mass is 270 g/mol. The maximum absolute atomic E-state index is 11.9. The van der Waals surface area contributed by atoms with Crippen molar-refractivity contribution in [3.05, 3.63) is 0 Å². The van der Waals surface area contributed by atoms with Gasteiger partial charge in [0, 0.05) is 26.2 Å². The van der Waals surface area contributed by atoms with Crippen LogP contribution in [0, 0.1) is 11.3 Å². The van der Waals surface area contributed by atoms with E-state index < -0.39 is 0 Å². The Morgan fingerprint density at radius 1 is 1.37 bits per heavy atom. The van der Waals surface area contributed by atoms with E-state index in [1.165, 1.54) is 0 Å². The van der Waals surface area contributed by atoms with Crippen molar-refractivity contribution in [1.29, 1.82) is 0 Å². The molecule has 4 heteroatoms. The van der Waals surface area contributed by atoms with Crippen molar-refractivity contribution in [3.63, 3.8) is 0 Å². The molecule has 0 aromatic heterocycles. The van der Waals surface area contributed by atoms with Crippen LogP contribution in [0.2, 0.25) is 0 Å². The maximum Gasteiger partial charge on any atom is 0.220 e. The van der Waals surface area contributed by atoms with E-state index in [2.05, 4.69) is 19.2 Å². The number of nitrogens with two attached hydrogens (primary N) is 1. The third-order valence-electron chi connectivity index (χ3n) is 4.34. The lowest BCUT2D eigenvalue weighted by Crippen LogP contribution is -2.39. The second-order valence-corrected chi connectivity index (χ2v) is 6.09. The Balaban J connectivity index is 2.19. The highest BCUT2D eigenvalue weighted by atomic mass is 16.5. The zero-order valence-electron chi connectivity index (χ0n) is 12.5. The van der Waals surface area contributed by atoms with Crippen LogP contribution in [0.25, 0.3) is 0 Å². The minimum absolute atomic E-state index is 0.184. The predicted octanol–water partition coefficient (Wildman–Crippen LogP) is 2.07. The minimum atomic E-state index is 0.184. The Morgan fingerprint density at radius 3 is 2.63 bits per heavy atom. The van der Waals surface area contributed by atoms with Gasteiger partial charge in [-0.2, -0.15) is 0 Å². The van der Waals surface area contributed by atoms with Gasteiger partial charge in [-0.1, -0.05) is 20.3 Å². The highest BCUT2D eigenvalue weighted by molar-refractivity contribution is 5.75. The van der Waals surface area contributed by atoms with E-state index >= 15 is 0 Å². The highest BCUT2D eigenvalue weighted by Crippen LogP contribution is 2.28. The molecule has 0 aromatic rings. The molecule has 0 aliphatic carbocycles. The van der Waals surface area contributed by atoms with Crippen LogP contribution in [0.15, 0.2) is 0 Å². The van der Waals surface area contributed by atoms with Gasteiger partial charge < -0.3 is 15.8 Å². The van der Waals surface area contributed by atoms with E-state index in [4.69, 9.17) is 10.5 Å². The summed E-state index contributed by atoms with van der Waals surface area (Å²) in [6.07, 6.45) is 5.80. The van der Waals surface area contributed by atoms with Gasteiger partial charge in [0.2, 0.25) is 5.91 Å². The Labute approximate surface area is 117 Å². The molecule has 3 N–H and O–H groups in total. The van der Waals surface area contributed by atoms with Crippen LogP contribution in [0.4, 0.5) is 0 Å². The molecule has 1 saturated heterocycles. The average Bonchev–Trinajstić information content (AvgIpc) is 2.42. The van der Waals surface area contributed by atoms with Crippen molar-refractivity contribution in [2.24, 2.45) is 17.1 Å². The number of carbonyl (C=O) groups is 1.